The number of hydrogen-bond acceptors (Lipinski definition) is 8. The normalized spacial score (nSPS) is 15.1. The first-order valence-electron chi connectivity index (χ1n) is 15.7. The van der Waals surface area contributed by atoms with Gasteiger partial charge in [0, 0.05) is 84.4 Å². The van der Waals surface area contributed by atoms with Gasteiger partial charge in [-0.2, -0.15) is 0 Å². The molecule has 1 aliphatic heterocycles. The third-order valence-electron chi connectivity index (χ3n) is 8.33. The number of pyridine rings is 2. The molecule has 4 N–H and O–H groups in total. The number of methoxy groups -OCH3 is 1. The van der Waals surface area contributed by atoms with Crippen molar-refractivity contribution in [3.05, 3.63) is 105 Å². The summed E-state index contributed by atoms with van der Waals surface area (Å²) in [6, 6.07) is 19.2. The minimum Gasteiger partial charge on any atom is -0.481 e. The van der Waals surface area contributed by atoms with E-state index in [2.05, 4.69) is 20.9 Å². The lowest BCUT2D eigenvalue weighted by atomic mass is 9.97. The van der Waals surface area contributed by atoms with Gasteiger partial charge in [-0.05, 0) is 37.1 Å². The van der Waals surface area contributed by atoms with Gasteiger partial charge in [0.25, 0.3) is 5.56 Å². The molecule has 5 aromatic rings. The van der Waals surface area contributed by atoms with E-state index in [-0.39, 0.29) is 17.5 Å². The van der Waals surface area contributed by atoms with E-state index in [9.17, 15) is 14.7 Å². The molecule has 1 aliphatic rings. The number of fused-ring (bicyclic) bond motifs is 1. The Bertz CT molecular complexity index is 2030. The second-order valence-corrected chi connectivity index (χ2v) is 12.6. The van der Waals surface area contributed by atoms with E-state index in [1.54, 1.807) is 26.4 Å². The molecule has 12 heteroatoms. The first kappa shape index (κ1) is 33.6. The maximum absolute atomic E-state index is 13.1. The fourth-order valence-corrected chi connectivity index (χ4v) is 6.52. The van der Waals surface area contributed by atoms with Crippen LogP contribution in [0, 0.1) is 0 Å². The van der Waals surface area contributed by atoms with Gasteiger partial charge < -0.3 is 25.8 Å². The maximum Gasteiger partial charge on any atom is 0.262 e. The molecule has 0 spiro atoms. The number of nitrogens with zero attached hydrogens (tertiary/aromatic N) is 3. The average Bonchev–Trinajstić information content (AvgIpc) is 3.50. The summed E-state index contributed by atoms with van der Waals surface area (Å²) in [6.07, 6.45) is 4.13. The molecule has 1 saturated heterocycles. The average molecular weight is 688 g/mol. The predicted octanol–water partition coefficient (Wildman–Crippen LogP) is 5.24. The standard InChI is InChI=1S/C36H36Cl2N6O4/c1-21(45)16-39-18-24-19-41-31-15-22(13-14-44(31)36(24)47)26-5-3-6-27(33(26)37)28-7-4-8-29(34(28)38)30-11-9-23(35(43-30)48-2)17-40-20-25-10-12-32(46)42-25/h3-9,11,13-15,19,21,25,39-40,45H,10,12,16-18,20H2,1-2H3,(H,42,46). The number of amides is 1. The fraction of sp³-hybridized carbons (Fsp3) is 0.278. The van der Waals surface area contributed by atoms with Gasteiger partial charge in [0.2, 0.25) is 11.8 Å². The van der Waals surface area contributed by atoms with Crippen LogP contribution in [0.2, 0.25) is 10.0 Å². The van der Waals surface area contributed by atoms with Crippen molar-refractivity contribution in [1.82, 2.24) is 30.3 Å². The highest BCUT2D eigenvalue weighted by Crippen LogP contribution is 2.42. The van der Waals surface area contributed by atoms with Crippen LogP contribution in [-0.4, -0.2) is 57.7 Å². The van der Waals surface area contributed by atoms with E-state index >= 15 is 0 Å². The van der Waals surface area contributed by atoms with Gasteiger partial charge in [-0.1, -0.05) is 65.7 Å². The van der Waals surface area contributed by atoms with Crippen LogP contribution in [0.1, 0.15) is 30.9 Å². The first-order valence-corrected chi connectivity index (χ1v) is 16.5. The Balaban J connectivity index is 1.25. The van der Waals surface area contributed by atoms with Crippen LogP contribution in [0.25, 0.3) is 39.2 Å². The molecule has 2 unspecified atom stereocenters. The van der Waals surface area contributed by atoms with Crippen LogP contribution in [0.5, 0.6) is 5.88 Å². The summed E-state index contributed by atoms with van der Waals surface area (Å²) < 4.78 is 7.13. The molecule has 3 aromatic heterocycles. The monoisotopic (exact) mass is 686 g/mol. The second kappa shape index (κ2) is 14.8. The molecule has 2 atom stereocenters. The third kappa shape index (κ3) is 7.23. The van der Waals surface area contributed by atoms with Gasteiger partial charge in [-0.3, -0.25) is 14.0 Å². The Morgan fingerprint density at radius 3 is 2.40 bits per heavy atom. The molecule has 6 rings (SSSR count). The van der Waals surface area contributed by atoms with Crippen molar-refractivity contribution in [2.45, 2.75) is 45.0 Å². The van der Waals surface area contributed by atoms with Crippen molar-refractivity contribution in [1.29, 1.82) is 0 Å². The molecule has 4 heterocycles. The minimum atomic E-state index is -0.513. The van der Waals surface area contributed by atoms with E-state index in [1.165, 1.54) is 4.40 Å². The zero-order valence-corrected chi connectivity index (χ0v) is 28.1. The molecule has 0 bridgehead atoms. The Kier molecular flexibility index (Phi) is 10.4. The summed E-state index contributed by atoms with van der Waals surface area (Å²) in [5.74, 6) is 0.582. The second-order valence-electron chi connectivity index (χ2n) is 11.8. The van der Waals surface area contributed by atoms with Crippen LogP contribution in [0.3, 0.4) is 0 Å². The lowest BCUT2D eigenvalue weighted by Gasteiger charge is -2.16. The van der Waals surface area contributed by atoms with Crippen LogP contribution in [-0.2, 0) is 17.9 Å². The molecule has 10 nitrogen and oxygen atoms in total. The van der Waals surface area contributed by atoms with Gasteiger partial charge in [0.1, 0.15) is 5.65 Å². The Morgan fingerprint density at radius 2 is 1.69 bits per heavy atom. The minimum absolute atomic E-state index is 0.0925. The zero-order valence-electron chi connectivity index (χ0n) is 26.6. The molecule has 1 fully saturated rings. The number of carbonyl (C=O) groups excluding carboxylic acids is 1. The number of aromatic nitrogens is 3. The molecule has 1 amide bonds. The Morgan fingerprint density at radius 1 is 0.979 bits per heavy atom. The van der Waals surface area contributed by atoms with Gasteiger partial charge in [0.05, 0.1) is 29.0 Å². The number of benzene rings is 2. The van der Waals surface area contributed by atoms with Crippen LogP contribution >= 0.6 is 23.2 Å². The summed E-state index contributed by atoms with van der Waals surface area (Å²) >= 11 is 14.1. The van der Waals surface area contributed by atoms with E-state index < -0.39 is 6.10 Å². The number of rotatable bonds is 12. The lowest BCUT2D eigenvalue weighted by molar-refractivity contribution is -0.119. The lowest BCUT2D eigenvalue weighted by Crippen LogP contribution is -2.35. The molecule has 0 aliphatic carbocycles. The number of ether oxygens (including phenoxy) is 1. The van der Waals surface area contributed by atoms with Gasteiger partial charge in [-0.25, -0.2) is 9.97 Å². The van der Waals surface area contributed by atoms with Crippen molar-refractivity contribution in [3.63, 3.8) is 0 Å². The highest BCUT2D eigenvalue weighted by Gasteiger charge is 2.21. The number of aliphatic hydroxyl groups is 1. The molecular weight excluding hydrogens is 651 g/mol. The largest absolute Gasteiger partial charge is 0.481 e. The smallest absolute Gasteiger partial charge is 0.262 e. The summed E-state index contributed by atoms with van der Waals surface area (Å²) in [5.41, 5.74) is 6.15. The van der Waals surface area contributed by atoms with E-state index in [0.29, 0.717) is 65.4 Å². The molecule has 48 heavy (non-hydrogen) atoms. The van der Waals surface area contributed by atoms with Crippen LogP contribution in [0.4, 0.5) is 0 Å². The van der Waals surface area contributed by atoms with E-state index in [4.69, 9.17) is 32.9 Å². The summed E-state index contributed by atoms with van der Waals surface area (Å²) in [6.45, 7) is 3.58. The maximum atomic E-state index is 13.1. The van der Waals surface area contributed by atoms with E-state index in [1.807, 2.05) is 60.7 Å². The topological polar surface area (TPSA) is 130 Å². The molecule has 248 valence electrons. The quantitative estimate of drug-likeness (QED) is 0.140. The van der Waals surface area contributed by atoms with Crippen molar-refractivity contribution >= 4 is 34.8 Å². The summed E-state index contributed by atoms with van der Waals surface area (Å²) in [4.78, 5) is 33.8. The van der Waals surface area contributed by atoms with Gasteiger partial charge >= 0.3 is 0 Å². The number of halogens is 2. The Hall–Kier alpha value is -4.32. The van der Waals surface area contributed by atoms with Gasteiger partial charge in [0.15, 0.2) is 0 Å². The fourth-order valence-electron chi connectivity index (χ4n) is 5.86. The number of carbonyl (C=O) groups is 1. The van der Waals surface area contributed by atoms with Crippen molar-refractivity contribution in [2.24, 2.45) is 0 Å². The SMILES string of the molecule is COc1nc(-c2cccc(-c3cccc(-c4ccn5c(=O)c(CNCC(C)O)cnc5c4)c3Cl)c2Cl)ccc1CNCC1CCC(=O)N1. The molecule has 0 radical (unpaired) electrons. The Labute approximate surface area is 288 Å². The third-order valence-corrected chi connectivity index (χ3v) is 9.15. The number of nitrogens with one attached hydrogen (secondary N) is 3. The van der Waals surface area contributed by atoms with Crippen LogP contribution < -0.4 is 26.2 Å². The highest BCUT2D eigenvalue weighted by atomic mass is 35.5. The van der Waals surface area contributed by atoms with E-state index in [0.717, 1.165) is 39.8 Å². The first-order chi connectivity index (χ1) is 23.2. The summed E-state index contributed by atoms with van der Waals surface area (Å²) in [7, 11) is 1.59. The predicted molar refractivity (Wildman–Crippen MR) is 188 cm³/mol. The van der Waals surface area contributed by atoms with Crippen molar-refractivity contribution in [3.8, 4) is 39.4 Å². The molecular formula is C36H36Cl2N6O4. The highest BCUT2D eigenvalue weighted by molar-refractivity contribution is 6.39. The summed E-state index contributed by atoms with van der Waals surface area (Å²) in [5, 5.41) is 19.9. The molecule has 0 saturated carbocycles. The van der Waals surface area contributed by atoms with Crippen LogP contribution in [0.15, 0.2) is 77.9 Å². The molecule has 2 aromatic carbocycles. The van der Waals surface area contributed by atoms with Crippen molar-refractivity contribution < 1.29 is 14.6 Å². The number of hydrogen-bond donors (Lipinski definition) is 4. The zero-order chi connectivity index (χ0) is 33.8. The number of aliphatic hydroxyl groups excluding tert-OH is 1. The van der Waals surface area contributed by atoms with Crippen molar-refractivity contribution in [2.75, 3.05) is 20.2 Å². The van der Waals surface area contributed by atoms with Gasteiger partial charge in [-0.15, -0.1) is 0 Å².